The van der Waals surface area contributed by atoms with Gasteiger partial charge in [0.05, 0.1) is 0 Å². The number of rotatable bonds is 3. The van der Waals surface area contributed by atoms with Crippen molar-refractivity contribution in [2.45, 2.75) is 20.3 Å². The van der Waals surface area contributed by atoms with Gasteiger partial charge >= 0.3 is 0 Å². The second-order valence-corrected chi connectivity index (χ2v) is 5.72. The Balaban J connectivity index is 2.28. The van der Waals surface area contributed by atoms with Crippen LogP contribution < -0.4 is 5.73 Å². The van der Waals surface area contributed by atoms with Gasteiger partial charge in [-0.2, -0.15) is 0 Å². The molecule has 0 unspecified atom stereocenters. The van der Waals surface area contributed by atoms with Gasteiger partial charge in [-0.15, -0.1) is 0 Å². The van der Waals surface area contributed by atoms with E-state index < -0.39 is 0 Å². The Kier molecular flexibility index (Phi) is 4.05. The minimum Gasteiger partial charge on any atom is -0.399 e. The van der Waals surface area contributed by atoms with E-state index in [4.69, 9.17) is 5.73 Å². The summed E-state index contributed by atoms with van der Waals surface area (Å²) < 4.78 is 0.830. The smallest absolute Gasteiger partial charge is 0.167 e. The first-order chi connectivity index (χ1) is 8.95. The molecule has 0 radical (unpaired) electrons. The van der Waals surface area contributed by atoms with Crippen LogP contribution in [0.25, 0.3) is 0 Å². The van der Waals surface area contributed by atoms with Crippen LogP contribution in [0.4, 0.5) is 5.69 Å². The highest BCUT2D eigenvalue weighted by Crippen LogP contribution is 2.20. The normalized spacial score (nSPS) is 10.5. The predicted molar refractivity (Wildman–Crippen MR) is 82.5 cm³/mol. The molecule has 0 aromatic heterocycles. The number of carbonyl (C=O) groups is 1. The number of nitrogens with two attached hydrogens (primary N) is 1. The fourth-order valence-corrected chi connectivity index (χ4v) is 2.55. The molecule has 2 rings (SSSR count). The Bertz CT molecular complexity index is 614. The van der Waals surface area contributed by atoms with Crippen LogP contribution in [0.5, 0.6) is 0 Å². The van der Waals surface area contributed by atoms with Crippen molar-refractivity contribution in [2.75, 3.05) is 5.73 Å². The molecule has 98 valence electrons. The number of Topliss-reactive ketones (excluding diaryl/α,β-unsaturated/α-hetero) is 1. The molecule has 2 nitrogen and oxygen atoms in total. The SMILES string of the molecule is Cc1ccc(C)c(CC(=O)c2cc(N)cc(Br)c2)c1. The molecule has 2 aromatic rings. The van der Waals surface area contributed by atoms with Gasteiger partial charge in [-0.25, -0.2) is 0 Å². The Morgan fingerprint density at radius 3 is 2.58 bits per heavy atom. The topological polar surface area (TPSA) is 43.1 Å². The maximum atomic E-state index is 12.3. The summed E-state index contributed by atoms with van der Waals surface area (Å²) >= 11 is 3.36. The van der Waals surface area contributed by atoms with Gasteiger partial charge in [0.25, 0.3) is 0 Å². The Labute approximate surface area is 121 Å². The molecule has 3 heteroatoms. The van der Waals surface area contributed by atoms with Gasteiger partial charge in [0.15, 0.2) is 5.78 Å². The fourth-order valence-electron chi connectivity index (χ4n) is 2.04. The number of nitrogen functional groups attached to an aromatic ring is 1. The molecule has 2 N–H and O–H groups in total. The van der Waals surface area contributed by atoms with Gasteiger partial charge < -0.3 is 5.73 Å². The third-order valence-corrected chi connectivity index (χ3v) is 3.56. The largest absolute Gasteiger partial charge is 0.399 e. The summed E-state index contributed by atoms with van der Waals surface area (Å²) in [4.78, 5) is 12.3. The molecule has 0 amide bonds. The van der Waals surface area contributed by atoms with Crippen molar-refractivity contribution in [3.63, 3.8) is 0 Å². The van der Waals surface area contributed by atoms with Crippen LogP contribution in [0.1, 0.15) is 27.0 Å². The standard InChI is InChI=1S/C16H16BrNO/c1-10-3-4-11(2)12(5-10)8-16(19)13-6-14(17)9-15(18)7-13/h3-7,9H,8,18H2,1-2H3. The second-order valence-electron chi connectivity index (χ2n) is 4.80. The van der Waals surface area contributed by atoms with Crippen LogP contribution in [-0.4, -0.2) is 5.78 Å². The molecule has 0 spiro atoms. The van der Waals surface area contributed by atoms with E-state index >= 15 is 0 Å². The highest BCUT2D eigenvalue weighted by atomic mass is 79.9. The Morgan fingerprint density at radius 2 is 1.89 bits per heavy atom. The fraction of sp³-hybridized carbons (Fsp3) is 0.188. The summed E-state index contributed by atoms with van der Waals surface area (Å²) in [6.07, 6.45) is 0.406. The van der Waals surface area contributed by atoms with E-state index in [9.17, 15) is 4.79 Å². The van der Waals surface area contributed by atoms with E-state index in [0.29, 0.717) is 17.7 Å². The van der Waals surface area contributed by atoms with Crippen LogP contribution >= 0.6 is 15.9 Å². The number of ketones is 1. The maximum Gasteiger partial charge on any atom is 0.167 e. The molecule has 0 bridgehead atoms. The minimum atomic E-state index is 0.0849. The molecule has 0 atom stereocenters. The van der Waals surface area contributed by atoms with E-state index in [0.717, 1.165) is 15.6 Å². The highest BCUT2D eigenvalue weighted by Gasteiger charge is 2.10. The summed E-state index contributed by atoms with van der Waals surface area (Å²) in [7, 11) is 0. The quantitative estimate of drug-likeness (QED) is 0.685. The molecule has 19 heavy (non-hydrogen) atoms. The van der Waals surface area contributed by atoms with Gasteiger partial charge in [0, 0.05) is 22.1 Å². The van der Waals surface area contributed by atoms with Crippen LogP contribution in [0.2, 0.25) is 0 Å². The molecule has 0 aliphatic carbocycles. The summed E-state index contributed by atoms with van der Waals surface area (Å²) in [6, 6.07) is 11.5. The van der Waals surface area contributed by atoms with Gasteiger partial charge in [-0.05, 0) is 43.2 Å². The van der Waals surface area contributed by atoms with Crippen LogP contribution in [-0.2, 0) is 6.42 Å². The van der Waals surface area contributed by atoms with Crippen molar-refractivity contribution in [2.24, 2.45) is 0 Å². The van der Waals surface area contributed by atoms with Crippen LogP contribution in [0, 0.1) is 13.8 Å². The summed E-state index contributed by atoms with van der Waals surface area (Å²) in [5.41, 5.74) is 10.4. The molecule has 0 aliphatic heterocycles. The zero-order chi connectivity index (χ0) is 14.0. The van der Waals surface area contributed by atoms with E-state index in [1.807, 2.05) is 26.0 Å². The molecule has 0 fully saturated rings. The number of benzene rings is 2. The Morgan fingerprint density at radius 1 is 1.16 bits per heavy atom. The molecular formula is C16H16BrNO. The zero-order valence-corrected chi connectivity index (χ0v) is 12.6. The number of anilines is 1. The van der Waals surface area contributed by atoms with Gasteiger partial charge in [-0.3, -0.25) is 4.79 Å². The molecule has 0 saturated carbocycles. The Hall–Kier alpha value is -1.61. The number of hydrogen-bond acceptors (Lipinski definition) is 2. The molecule has 0 aliphatic rings. The van der Waals surface area contributed by atoms with Crippen molar-refractivity contribution in [3.05, 3.63) is 63.1 Å². The summed E-state index contributed by atoms with van der Waals surface area (Å²) in [6.45, 7) is 4.06. The second kappa shape index (κ2) is 5.57. The van der Waals surface area contributed by atoms with Gasteiger partial charge in [-0.1, -0.05) is 39.7 Å². The molecule has 0 saturated heterocycles. The first kappa shape index (κ1) is 13.8. The predicted octanol–water partition coefficient (Wildman–Crippen LogP) is 4.07. The maximum absolute atomic E-state index is 12.3. The third kappa shape index (κ3) is 3.44. The monoisotopic (exact) mass is 317 g/mol. The zero-order valence-electron chi connectivity index (χ0n) is 11.0. The van der Waals surface area contributed by atoms with Gasteiger partial charge in [0.1, 0.15) is 0 Å². The minimum absolute atomic E-state index is 0.0849. The number of carbonyl (C=O) groups excluding carboxylic acids is 1. The lowest BCUT2D eigenvalue weighted by Crippen LogP contribution is -2.06. The van der Waals surface area contributed by atoms with E-state index in [-0.39, 0.29) is 5.78 Å². The lowest BCUT2D eigenvalue weighted by Gasteiger charge is -2.07. The van der Waals surface area contributed by atoms with Crippen molar-refractivity contribution in [1.29, 1.82) is 0 Å². The lowest BCUT2D eigenvalue weighted by atomic mass is 9.97. The van der Waals surface area contributed by atoms with Crippen molar-refractivity contribution >= 4 is 27.4 Å². The van der Waals surface area contributed by atoms with Crippen LogP contribution in [0.3, 0.4) is 0 Å². The summed E-state index contributed by atoms with van der Waals surface area (Å²) in [5.74, 6) is 0.0849. The van der Waals surface area contributed by atoms with E-state index in [1.54, 1.807) is 12.1 Å². The first-order valence-electron chi connectivity index (χ1n) is 6.11. The molecular weight excluding hydrogens is 302 g/mol. The van der Waals surface area contributed by atoms with Crippen LogP contribution in [0.15, 0.2) is 40.9 Å². The lowest BCUT2D eigenvalue weighted by molar-refractivity contribution is 0.0992. The molecule has 0 heterocycles. The van der Waals surface area contributed by atoms with Crippen molar-refractivity contribution < 1.29 is 4.79 Å². The van der Waals surface area contributed by atoms with E-state index in [1.165, 1.54) is 5.56 Å². The number of hydrogen-bond donors (Lipinski definition) is 1. The highest BCUT2D eigenvalue weighted by molar-refractivity contribution is 9.10. The van der Waals surface area contributed by atoms with E-state index in [2.05, 4.69) is 28.1 Å². The average molecular weight is 318 g/mol. The molecule has 2 aromatic carbocycles. The first-order valence-corrected chi connectivity index (χ1v) is 6.90. The summed E-state index contributed by atoms with van der Waals surface area (Å²) in [5, 5.41) is 0. The average Bonchev–Trinajstić information content (AvgIpc) is 2.32. The van der Waals surface area contributed by atoms with Crippen molar-refractivity contribution in [1.82, 2.24) is 0 Å². The van der Waals surface area contributed by atoms with Gasteiger partial charge in [0.2, 0.25) is 0 Å². The number of aryl methyl sites for hydroxylation is 2. The third-order valence-electron chi connectivity index (χ3n) is 3.10. The van der Waals surface area contributed by atoms with Crippen molar-refractivity contribution in [3.8, 4) is 0 Å². The number of halogens is 1.